The van der Waals surface area contributed by atoms with Gasteiger partial charge in [-0.15, -0.1) is 0 Å². The SMILES string of the molecule is COC(CNC(=O)C=Cc1ccccc1)OC. The molecule has 1 aromatic rings. The summed E-state index contributed by atoms with van der Waals surface area (Å²) in [6, 6.07) is 9.62. The third-order valence-corrected chi connectivity index (χ3v) is 2.20. The Hall–Kier alpha value is -1.65. The fourth-order valence-corrected chi connectivity index (χ4v) is 1.24. The van der Waals surface area contributed by atoms with E-state index in [2.05, 4.69) is 5.32 Å². The smallest absolute Gasteiger partial charge is 0.244 e. The van der Waals surface area contributed by atoms with Crippen LogP contribution in [0.2, 0.25) is 0 Å². The number of rotatable bonds is 6. The number of amides is 1. The Morgan fingerprint density at radius 1 is 1.29 bits per heavy atom. The normalized spacial score (nSPS) is 11.0. The van der Waals surface area contributed by atoms with Crippen molar-refractivity contribution in [3.8, 4) is 0 Å². The van der Waals surface area contributed by atoms with Crippen LogP contribution < -0.4 is 5.32 Å². The first-order chi connectivity index (χ1) is 8.26. The zero-order valence-corrected chi connectivity index (χ0v) is 10.1. The van der Waals surface area contributed by atoms with Crippen molar-refractivity contribution in [1.29, 1.82) is 0 Å². The first-order valence-corrected chi connectivity index (χ1v) is 5.33. The zero-order chi connectivity index (χ0) is 12.5. The molecule has 0 aromatic heterocycles. The molecule has 0 fully saturated rings. The predicted molar refractivity (Wildman–Crippen MR) is 66.3 cm³/mol. The molecule has 0 heterocycles. The lowest BCUT2D eigenvalue weighted by molar-refractivity contribution is -0.123. The molecular weight excluding hydrogens is 218 g/mol. The van der Waals surface area contributed by atoms with Crippen LogP contribution in [-0.2, 0) is 14.3 Å². The molecule has 1 amide bonds. The van der Waals surface area contributed by atoms with E-state index in [0.29, 0.717) is 6.54 Å². The van der Waals surface area contributed by atoms with Gasteiger partial charge in [0, 0.05) is 20.3 Å². The number of carbonyl (C=O) groups excluding carboxylic acids is 1. The van der Waals surface area contributed by atoms with Crippen LogP contribution >= 0.6 is 0 Å². The van der Waals surface area contributed by atoms with Gasteiger partial charge in [0.1, 0.15) is 0 Å². The summed E-state index contributed by atoms with van der Waals surface area (Å²) in [5.41, 5.74) is 0.984. The summed E-state index contributed by atoms with van der Waals surface area (Å²) in [4.78, 5) is 11.4. The summed E-state index contributed by atoms with van der Waals surface area (Å²) in [5, 5.41) is 2.68. The van der Waals surface area contributed by atoms with Gasteiger partial charge in [0.05, 0.1) is 6.54 Å². The third kappa shape index (κ3) is 5.29. The van der Waals surface area contributed by atoms with Crippen LogP contribution in [0.25, 0.3) is 6.08 Å². The lowest BCUT2D eigenvalue weighted by atomic mass is 10.2. The molecule has 4 nitrogen and oxygen atoms in total. The number of benzene rings is 1. The van der Waals surface area contributed by atoms with E-state index in [1.165, 1.54) is 20.3 Å². The molecular formula is C13H17NO3. The van der Waals surface area contributed by atoms with Gasteiger partial charge in [0.2, 0.25) is 5.91 Å². The van der Waals surface area contributed by atoms with Gasteiger partial charge in [0.25, 0.3) is 0 Å². The minimum atomic E-state index is -0.413. The van der Waals surface area contributed by atoms with Gasteiger partial charge < -0.3 is 14.8 Å². The van der Waals surface area contributed by atoms with E-state index in [1.54, 1.807) is 6.08 Å². The number of hydrogen-bond donors (Lipinski definition) is 1. The van der Waals surface area contributed by atoms with Crippen molar-refractivity contribution in [1.82, 2.24) is 5.32 Å². The van der Waals surface area contributed by atoms with E-state index in [0.717, 1.165) is 5.56 Å². The topological polar surface area (TPSA) is 47.6 Å². The first-order valence-electron chi connectivity index (χ1n) is 5.33. The van der Waals surface area contributed by atoms with Gasteiger partial charge >= 0.3 is 0 Å². The number of hydrogen-bond acceptors (Lipinski definition) is 3. The number of carbonyl (C=O) groups is 1. The van der Waals surface area contributed by atoms with Crippen molar-refractivity contribution in [2.24, 2.45) is 0 Å². The summed E-state index contributed by atoms with van der Waals surface area (Å²) in [5.74, 6) is -0.173. The van der Waals surface area contributed by atoms with Crippen LogP contribution in [0, 0.1) is 0 Å². The second-order valence-corrected chi connectivity index (χ2v) is 3.39. The van der Waals surface area contributed by atoms with Crippen molar-refractivity contribution >= 4 is 12.0 Å². The molecule has 17 heavy (non-hydrogen) atoms. The van der Waals surface area contributed by atoms with Gasteiger partial charge in [-0.3, -0.25) is 4.79 Å². The molecule has 0 aliphatic carbocycles. The van der Waals surface area contributed by atoms with Crippen LogP contribution in [0.3, 0.4) is 0 Å². The Labute approximate surface area is 101 Å². The summed E-state index contributed by atoms with van der Waals surface area (Å²) >= 11 is 0. The van der Waals surface area contributed by atoms with Crippen LogP contribution in [0.15, 0.2) is 36.4 Å². The minimum Gasteiger partial charge on any atom is -0.354 e. The molecule has 0 bridgehead atoms. The maximum Gasteiger partial charge on any atom is 0.244 e. The Kier molecular flexibility index (Phi) is 5.99. The van der Waals surface area contributed by atoms with E-state index in [1.807, 2.05) is 30.3 Å². The van der Waals surface area contributed by atoms with Crippen molar-refractivity contribution in [3.05, 3.63) is 42.0 Å². The second-order valence-electron chi connectivity index (χ2n) is 3.39. The Morgan fingerprint density at radius 2 is 1.94 bits per heavy atom. The molecule has 1 N–H and O–H groups in total. The zero-order valence-electron chi connectivity index (χ0n) is 10.1. The van der Waals surface area contributed by atoms with Gasteiger partial charge in [0.15, 0.2) is 6.29 Å². The highest BCUT2D eigenvalue weighted by Crippen LogP contribution is 2.00. The molecule has 0 atom stereocenters. The van der Waals surface area contributed by atoms with E-state index < -0.39 is 6.29 Å². The molecule has 0 saturated heterocycles. The lowest BCUT2D eigenvalue weighted by Gasteiger charge is -2.12. The Bertz CT molecular complexity index is 358. The van der Waals surface area contributed by atoms with Crippen molar-refractivity contribution in [2.45, 2.75) is 6.29 Å². The molecule has 0 radical (unpaired) electrons. The van der Waals surface area contributed by atoms with E-state index >= 15 is 0 Å². The summed E-state index contributed by atoms with van der Waals surface area (Å²) in [7, 11) is 3.06. The quantitative estimate of drug-likeness (QED) is 0.599. The molecule has 0 saturated carbocycles. The number of methoxy groups -OCH3 is 2. The van der Waals surface area contributed by atoms with Crippen LogP contribution in [-0.4, -0.2) is 33.0 Å². The summed E-state index contributed by atoms with van der Waals surface area (Å²) < 4.78 is 9.90. The molecule has 92 valence electrons. The second kappa shape index (κ2) is 7.60. The molecule has 0 aliphatic rings. The molecule has 1 aromatic carbocycles. The van der Waals surface area contributed by atoms with Crippen molar-refractivity contribution < 1.29 is 14.3 Å². The molecule has 4 heteroatoms. The fourth-order valence-electron chi connectivity index (χ4n) is 1.24. The Balaban J connectivity index is 2.37. The average molecular weight is 235 g/mol. The fraction of sp³-hybridized carbons (Fsp3) is 0.308. The lowest BCUT2D eigenvalue weighted by Crippen LogP contribution is -2.33. The number of ether oxygens (including phenoxy) is 2. The van der Waals surface area contributed by atoms with Crippen LogP contribution in [0.1, 0.15) is 5.56 Å². The highest BCUT2D eigenvalue weighted by Gasteiger charge is 2.05. The summed E-state index contributed by atoms with van der Waals surface area (Å²) in [6.07, 6.45) is 2.82. The van der Waals surface area contributed by atoms with Crippen LogP contribution in [0.5, 0.6) is 0 Å². The van der Waals surface area contributed by atoms with Gasteiger partial charge in [-0.2, -0.15) is 0 Å². The monoisotopic (exact) mass is 235 g/mol. The van der Waals surface area contributed by atoms with Crippen molar-refractivity contribution in [3.63, 3.8) is 0 Å². The minimum absolute atomic E-state index is 0.173. The highest BCUT2D eigenvalue weighted by molar-refractivity contribution is 5.91. The van der Waals surface area contributed by atoms with Gasteiger partial charge in [-0.05, 0) is 11.6 Å². The molecule has 0 unspecified atom stereocenters. The molecule has 0 spiro atoms. The maximum absolute atomic E-state index is 11.4. The van der Waals surface area contributed by atoms with Gasteiger partial charge in [-0.1, -0.05) is 30.3 Å². The van der Waals surface area contributed by atoms with Crippen molar-refractivity contribution in [2.75, 3.05) is 20.8 Å². The number of nitrogens with one attached hydrogen (secondary N) is 1. The molecule has 0 aliphatic heterocycles. The Morgan fingerprint density at radius 3 is 2.53 bits per heavy atom. The maximum atomic E-state index is 11.4. The summed E-state index contributed by atoms with van der Waals surface area (Å²) in [6.45, 7) is 0.324. The first kappa shape index (κ1) is 13.4. The standard InChI is InChI=1S/C13H17NO3/c1-16-13(17-2)10-14-12(15)9-8-11-6-4-3-5-7-11/h3-9,13H,10H2,1-2H3,(H,14,15). The van der Waals surface area contributed by atoms with E-state index in [9.17, 15) is 4.79 Å². The predicted octanol–water partition coefficient (Wildman–Crippen LogP) is 1.43. The largest absolute Gasteiger partial charge is 0.354 e. The van der Waals surface area contributed by atoms with Crippen LogP contribution in [0.4, 0.5) is 0 Å². The molecule has 1 rings (SSSR count). The third-order valence-electron chi connectivity index (χ3n) is 2.20. The highest BCUT2D eigenvalue weighted by atomic mass is 16.7. The van der Waals surface area contributed by atoms with E-state index in [4.69, 9.17) is 9.47 Å². The van der Waals surface area contributed by atoms with Gasteiger partial charge in [-0.25, -0.2) is 0 Å². The average Bonchev–Trinajstić information content (AvgIpc) is 2.39. The van der Waals surface area contributed by atoms with E-state index in [-0.39, 0.29) is 5.91 Å².